The van der Waals surface area contributed by atoms with Gasteiger partial charge in [0.25, 0.3) is 5.92 Å². The number of hydrogen-bond donors (Lipinski definition) is 0. The highest BCUT2D eigenvalue weighted by atomic mass is 32.2. The molecule has 130 valence electrons. The zero-order valence-corrected chi connectivity index (χ0v) is 13.5. The molecule has 1 aliphatic heterocycles. The Morgan fingerprint density at radius 1 is 1.25 bits per heavy atom. The number of ether oxygens (including phenoxy) is 1. The monoisotopic (exact) mass is 358 g/mol. The first-order valence-corrected chi connectivity index (χ1v) is 8.91. The van der Waals surface area contributed by atoms with E-state index in [1.807, 2.05) is 30.3 Å². The summed E-state index contributed by atoms with van der Waals surface area (Å²) in [5.41, 5.74) is 1.27. The van der Waals surface area contributed by atoms with Crippen LogP contribution in [0, 0.1) is 0 Å². The Labute approximate surface area is 138 Å². The van der Waals surface area contributed by atoms with Gasteiger partial charge in [-0.15, -0.1) is 0 Å². The van der Waals surface area contributed by atoms with Gasteiger partial charge in [-0.05, 0) is 0 Å². The van der Waals surface area contributed by atoms with E-state index in [0.717, 1.165) is 9.87 Å². The van der Waals surface area contributed by atoms with E-state index >= 15 is 0 Å². The third-order valence-electron chi connectivity index (χ3n) is 3.55. The van der Waals surface area contributed by atoms with Crippen molar-refractivity contribution < 1.29 is 26.5 Å². The number of sulfonamides is 1. The summed E-state index contributed by atoms with van der Waals surface area (Å²) in [6.45, 7) is -1.85. The van der Waals surface area contributed by atoms with Gasteiger partial charge in [-0.25, -0.2) is 17.2 Å². The van der Waals surface area contributed by atoms with Crippen LogP contribution in [0.3, 0.4) is 0 Å². The summed E-state index contributed by atoms with van der Waals surface area (Å²) in [6.07, 6.45) is 0. The summed E-state index contributed by atoms with van der Waals surface area (Å²) in [4.78, 5) is 0. The highest BCUT2D eigenvalue weighted by molar-refractivity contribution is 7.88. The first-order chi connectivity index (χ1) is 11.4. The van der Waals surface area contributed by atoms with Crippen molar-refractivity contribution in [3.8, 4) is 11.3 Å². The molecule has 1 aromatic carbocycles. The lowest BCUT2D eigenvalue weighted by molar-refractivity contribution is -0.0631. The number of aromatic nitrogens is 1. The summed E-state index contributed by atoms with van der Waals surface area (Å²) in [6, 6.07) is 10.6. The second-order valence-electron chi connectivity index (χ2n) is 5.54. The number of benzene rings is 1. The zero-order chi connectivity index (χ0) is 17.2. The summed E-state index contributed by atoms with van der Waals surface area (Å²) in [5.74, 6) is -3.63. The quantitative estimate of drug-likeness (QED) is 0.837. The van der Waals surface area contributed by atoms with E-state index in [1.165, 1.54) is 6.07 Å². The first-order valence-electron chi connectivity index (χ1n) is 7.30. The number of nitrogens with zero attached hydrogens (tertiary/aromatic N) is 2. The molecule has 1 saturated heterocycles. The van der Waals surface area contributed by atoms with Crippen molar-refractivity contribution >= 4 is 10.0 Å². The van der Waals surface area contributed by atoms with E-state index in [4.69, 9.17) is 9.26 Å². The number of alkyl halides is 2. The standard InChI is InChI=1S/C15H16F2N2O4S/c16-15(17)10-19(6-7-22-11-15)24(20,21)9-13-8-14(18-23-13)12-4-2-1-3-5-12/h1-5,8H,6-7,9-11H2. The number of rotatable bonds is 4. The molecule has 2 heterocycles. The molecule has 0 radical (unpaired) electrons. The molecular weight excluding hydrogens is 342 g/mol. The molecule has 0 N–H and O–H groups in total. The van der Waals surface area contributed by atoms with Crippen molar-refractivity contribution in [3.63, 3.8) is 0 Å². The predicted octanol–water partition coefficient (Wildman–Crippen LogP) is 2.14. The Balaban J connectivity index is 1.76. The highest BCUT2D eigenvalue weighted by Gasteiger charge is 2.39. The molecule has 1 aromatic heterocycles. The van der Waals surface area contributed by atoms with Gasteiger partial charge in [0.2, 0.25) is 10.0 Å². The molecule has 1 fully saturated rings. The minimum atomic E-state index is -3.96. The zero-order valence-electron chi connectivity index (χ0n) is 12.7. The van der Waals surface area contributed by atoms with Crippen LogP contribution in [0.2, 0.25) is 0 Å². The maximum atomic E-state index is 13.5. The van der Waals surface area contributed by atoms with Gasteiger partial charge in [-0.2, -0.15) is 4.31 Å². The summed E-state index contributed by atoms with van der Waals surface area (Å²) < 4.78 is 62.4. The minimum absolute atomic E-state index is 0.0690. The average Bonchev–Trinajstić information content (AvgIpc) is 2.90. The van der Waals surface area contributed by atoms with Crippen molar-refractivity contribution in [2.75, 3.05) is 26.3 Å². The van der Waals surface area contributed by atoms with E-state index in [0.29, 0.717) is 5.69 Å². The van der Waals surface area contributed by atoms with Crippen LogP contribution in [0.5, 0.6) is 0 Å². The van der Waals surface area contributed by atoms with Crippen LogP contribution in [0.4, 0.5) is 8.78 Å². The van der Waals surface area contributed by atoms with Crippen LogP contribution in [0.25, 0.3) is 11.3 Å². The summed E-state index contributed by atoms with van der Waals surface area (Å²) in [7, 11) is -3.96. The highest BCUT2D eigenvalue weighted by Crippen LogP contribution is 2.24. The molecule has 9 heteroatoms. The molecule has 0 bridgehead atoms. The fourth-order valence-electron chi connectivity index (χ4n) is 2.41. The minimum Gasteiger partial charge on any atom is -0.374 e. The van der Waals surface area contributed by atoms with Crippen molar-refractivity contribution in [1.29, 1.82) is 0 Å². The van der Waals surface area contributed by atoms with Gasteiger partial charge in [0.15, 0.2) is 5.76 Å². The van der Waals surface area contributed by atoms with E-state index < -0.39 is 34.9 Å². The van der Waals surface area contributed by atoms with Crippen LogP contribution in [0.15, 0.2) is 40.9 Å². The van der Waals surface area contributed by atoms with Crippen LogP contribution in [-0.4, -0.2) is 50.1 Å². The van der Waals surface area contributed by atoms with E-state index in [9.17, 15) is 17.2 Å². The smallest absolute Gasteiger partial charge is 0.284 e. The fourth-order valence-corrected chi connectivity index (χ4v) is 3.82. The largest absolute Gasteiger partial charge is 0.374 e. The molecule has 24 heavy (non-hydrogen) atoms. The molecule has 0 atom stereocenters. The molecule has 1 aliphatic rings. The lowest BCUT2D eigenvalue weighted by atomic mass is 10.1. The molecule has 0 unspecified atom stereocenters. The topological polar surface area (TPSA) is 72.6 Å². The van der Waals surface area contributed by atoms with Gasteiger partial charge in [0.1, 0.15) is 18.1 Å². The van der Waals surface area contributed by atoms with Gasteiger partial charge >= 0.3 is 0 Å². The average molecular weight is 358 g/mol. The summed E-state index contributed by atoms with van der Waals surface area (Å²) >= 11 is 0. The van der Waals surface area contributed by atoms with E-state index in [1.54, 1.807) is 0 Å². The molecule has 2 aromatic rings. The molecule has 0 aliphatic carbocycles. The second-order valence-corrected chi connectivity index (χ2v) is 7.51. The van der Waals surface area contributed by atoms with Crippen molar-refractivity contribution in [3.05, 3.63) is 42.2 Å². The maximum Gasteiger partial charge on any atom is 0.284 e. The Morgan fingerprint density at radius 2 is 2.00 bits per heavy atom. The van der Waals surface area contributed by atoms with E-state index in [2.05, 4.69) is 5.16 Å². The second kappa shape index (κ2) is 6.58. The summed E-state index contributed by atoms with van der Waals surface area (Å²) in [5, 5.41) is 3.83. The fraction of sp³-hybridized carbons (Fsp3) is 0.400. The SMILES string of the molecule is O=S(=O)(Cc1cc(-c2ccccc2)no1)N1CCOCC(F)(F)C1. The van der Waals surface area contributed by atoms with Crippen molar-refractivity contribution in [2.24, 2.45) is 0 Å². The lowest BCUT2D eigenvalue weighted by Crippen LogP contribution is -2.41. The Hall–Kier alpha value is -1.84. The van der Waals surface area contributed by atoms with Gasteiger partial charge in [0, 0.05) is 18.2 Å². The Kier molecular flexibility index (Phi) is 4.66. The molecular formula is C15H16F2N2O4S. The molecule has 0 amide bonds. The number of hydrogen-bond acceptors (Lipinski definition) is 5. The van der Waals surface area contributed by atoms with Gasteiger partial charge in [0.05, 0.1) is 13.2 Å². The third kappa shape index (κ3) is 3.97. The van der Waals surface area contributed by atoms with Crippen LogP contribution in [-0.2, 0) is 20.5 Å². The van der Waals surface area contributed by atoms with Gasteiger partial charge < -0.3 is 9.26 Å². The third-order valence-corrected chi connectivity index (χ3v) is 5.30. The molecule has 3 rings (SSSR count). The Morgan fingerprint density at radius 3 is 2.75 bits per heavy atom. The Bertz CT molecular complexity index is 793. The number of halogens is 2. The van der Waals surface area contributed by atoms with Crippen LogP contribution >= 0.6 is 0 Å². The molecule has 6 nitrogen and oxygen atoms in total. The molecule has 0 saturated carbocycles. The van der Waals surface area contributed by atoms with Crippen LogP contribution < -0.4 is 0 Å². The first kappa shape index (κ1) is 17.0. The van der Waals surface area contributed by atoms with Crippen LogP contribution in [0.1, 0.15) is 5.76 Å². The lowest BCUT2D eigenvalue weighted by Gasteiger charge is -2.21. The van der Waals surface area contributed by atoms with Crippen molar-refractivity contribution in [1.82, 2.24) is 9.46 Å². The van der Waals surface area contributed by atoms with Gasteiger partial charge in [-0.3, -0.25) is 0 Å². The van der Waals surface area contributed by atoms with Crippen molar-refractivity contribution in [2.45, 2.75) is 11.7 Å². The maximum absolute atomic E-state index is 13.5. The molecule has 0 spiro atoms. The van der Waals surface area contributed by atoms with E-state index in [-0.39, 0.29) is 18.9 Å². The normalized spacial score (nSPS) is 19.1. The van der Waals surface area contributed by atoms with Gasteiger partial charge in [-0.1, -0.05) is 35.5 Å². The predicted molar refractivity (Wildman–Crippen MR) is 81.9 cm³/mol.